The predicted molar refractivity (Wildman–Crippen MR) is 71.4 cm³/mol. The van der Waals surface area contributed by atoms with Crippen molar-refractivity contribution in [3.63, 3.8) is 0 Å². The van der Waals surface area contributed by atoms with E-state index >= 15 is 0 Å². The lowest BCUT2D eigenvalue weighted by Crippen LogP contribution is -2.41. The van der Waals surface area contributed by atoms with Gasteiger partial charge in [-0.25, -0.2) is 0 Å². The van der Waals surface area contributed by atoms with Crippen molar-refractivity contribution in [2.75, 3.05) is 18.0 Å². The van der Waals surface area contributed by atoms with Crippen LogP contribution in [0.5, 0.6) is 0 Å². The van der Waals surface area contributed by atoms with Crippen LogP contribution in [0.2, 0.25) is 0 Å². The maximum Gasteiger partial charge on any atom is 0.169 e. The van der Waals surface area contributed by atoms with E-state index < -0.39 is 0 Å². The van der Waals surface area contributed by atoms with E-state index in [1.807, 2.05) is 13.8 Å². The molecule has 2 heterocycles. The van der Waals surface area contributed by atoms with Crippen molar-refractivity contribution in [2.45, 2.75) is 40.5 Å². The van der Waals surface area contributed by atoms with Gasteiger partial charge < -0.3 is 4.90 Å². The highest BCUT2D eigenvalue weighted by atomic mass is 15.3. The average molecular weight is 244 g/mol. The maximum atomic E-state index is 9.34. The van der Waals surface area contributed by atoms with Gasteiger partial charge in [-0.1, -0.05) is 13.8 Å². The molecule has 0 radical (unpaired) electrons. The molecule has 0 saturated carbocycles. The lowest BCUT2D eigenvalue weighted by atomic mass is 9.84. The number of hydrogen-bond donors (Lipinski definition) is 0. The van der Waals surface area contributed by atoms with Crippen LogP contribution < -0.4 is 4.90 Å². The molecule has 0 N–H and O–H groups in total. The van der Waals surface area contributed by atoms with Gasteiger partial charge in [0.25, 0.3) is 0 Å². The Morgan fingerprint density at radius 1 is 1.28 bits per heavy atom. The van der Waals surface area contributed by atoms with Crippen molar-refractivity contribution in [2.24, 2.45) is 5.41 Å². The molecule has 1 saturated heterocycles. The highest BCUT2D eigenvalue weighted by Crippen LogP contribution is 2.32. The second-order valence-corrected chi connectivity index (χ2v) is 5.91. The summed E-state index contributed by atoms with van der Waals surface area (Å²) in [6.45, 7) is 10.3. The summed E-state index contributed by atoms with van der Waals surface area (Å²) >= 11 is 0. The predicted octanol–water partition coefficient (Wildman–Crippen LogP) is 2.59. The Hall–Kier alpha value is -1.63. The number of nitriles is 1. The van der Waals surface area contributed by atoms with Gasteiger partial charge in [0.2, 0.25) is 0 Å². The Morgan fingerprint density at radius 3 is 2.61 bits per heavy atom. The number of nitrogens with zero attached hydrogens (tertiary/aromatic N) is 4. The number of aryl methyl sites for hydroxylation is 1. The van der Waals surface area contributed by atoms with E-state index in [9.17, 15) is 5.26 Å². The van der Waals surface area contributed by atoms with E-state index in [4.69, 9.17) is 0 Å². The van der Waals surface area contributed by atoms with Gasteiger partial charge in [0.15, 0.2) is 5.82 Å². The topological polar surface area (TPSA) is 52.8 Å². The molecule has 0 bridgehead atoms. The summed E-state index contributed by atoms with van der Waals surface area (Å²) in [6, 6.07) is 2.29. The second-order valence-electron chi connectivity index (χ2n) is 5.91. The summed E-state index contributed by atoms with van der Waals surface area (Å²) in [5.41, 5.74) is 2.75. The van der Waals surface area contributed by atoms with E-state index in [1.54, 1.807) is 0 Å². The largest absolute Gasteiger partial charge is 0.353 e. The summed E-state index contributed by atoms with van der Waals surface area (Å²) in [7, 11) is 0. The zero-order valence-corrected chi connectivity index (χ0v) is 11.6. The number of hydrogen-bond acceptors (Lipinski definition) is 4. The molecule has 96 valence electrons. The first-order chi connectivity index (χ1) is 8.44. The first kappa shape index (κ1) is 12.8. The second kappa shape index (κ2) is 4.56. The molecule has 0 aliphatic carbocycles. The Balaban J connectivity index is 2.40. The fourth-order valence-corrected chi connectivity index (χ4v) is 2.56. The SMILES string of the molecule is Cc1nnc(N2CCCC(C)(C)C2)c(C#N)c1C. The van der Waals surface area contributed by atoms with Gasteiger partial charge in [-0.05, 0) is 37.7 Å². The summed E-state index contributed by atoms with van der Waals surface area (Å²) in [5, 5.41) is 17.8. The van der Waals surface area contributed by atoms with Gasteiger partial charge >= 0.3 is 0 Å². The lowest BCUT2D eigenvalue weighted by molar-refractivity contribution is 0.291. The molecule has 0 atom stereocenters. The van der Waals surface area contributed by atoms with Crippen molar-refractivity contribution < 1.29 is 0 Å². The van der Waals surface area contributed by atoms with E-state index in [0.717, 1.165) is 36.6 Å². The van der Waals surface area contributed by atoms with Crippen LogP contribution in [0.4, 0.5) is 5.82 Å². The van der Waals surface area contributed by atoms with Gasteiger partial charge in [-0.3, -0.25) is 0 Å². The third kappa shape index (κ3) is 2.31. The minimum Gasteiger partial charge on any atom is -0.353 e. The molecule has 1 fully saturated rings. The Kier molecular flexibility index (Phi) is 3.25. The Labute approximate surface area is 109 Å². The molecule has 1 aromatic rings. The fraction of sp³-hybridized carbons (Fsp3) is 0.643. The summed E-state index contributed by atoms with van der Waals surface area (Å²) in [5.74, 6) is 0.758. The number of rotatable bonds is 1. The average Bonchev–Trinajstić information content (AvgIpc) is 2.31. The molecule has 0 spiro atoms. The molecule has 1 aromatic heterocycles. The molecule has 18 heavy (non-hydrogen) atoms. The Morgan fingerprint density at radius 2 is 2.00 bits per heavy atom. The molecule has 4 nitrogen and oxygen atoms in total. The molecular formula is C14H20N4. The van der Waals surface area contributed by atoms with Crippen molar-refractivity contribution in [3.05, 3.63) is 16.8 Å². The highest BCUT2D eigenvalue weighted by molar-refractivity contribution is 5.57. The van der Waals surface area contributed by atoms with Crippen LogP contribution in [0.25, 0.3) is 0 Å². The van der Waals surface area contributed by atoms with Gasteiger partial charge in [0.1, 0.15) is 11.6 Å². The van der Waals surface area contributed by atoms with Crippen LogP contribution in [-0.4, -0.2) is 23.3 Å². The van der Waals surface area contributed by atoms with Gasteiger partial charge in [0, 0.05) is 13.1 Å². The maximum absolute atomic E-state index is 9.34. The number of piperidine rings is 1. The third-order valence-corrected chi connectivity index (χ3v) is 3.75. The van der Waals surface area contributed by atoms with Gasteiger partial charge in [-0.15, -0.1) is 5.10 Å². The van der Waals surface area contributed by atoms with Gasteiger partial charge in [0.05, 0.1) is 5.69 Å². The fourth-order valence-electron chi connectivity index (χ4n) is 2.56. The third-order valence-electron chi connectivity index (χ3n) is 3.75. The first-order valence-corrected chi connectivity index (χ1v) is 6.43. The van der Waals surface area contributed by atoms with Crippen molar-refractivity contribution in [3.8, 4) is 6.07 Å². The van der Waals surface area contributed by atoms with Crippen molar-refractivity contribution >= 4 is 5.82 Å². The number of aromatic nitrogens is 2. The molecule has 0 amide bonds. The van der Waals surface area contributed by atoms with E-state index in [0.29, 0.717) is 5.56 Å². The summed E-state index contributed by atoms with van der Waals surface area (Å²) in [6.07, 6.45) is 2.37. The van der Waals surface area contributed by atoms with Crippen LogP contribution in [-0.2, 0) is 0 Å². The highest BCUT2D eigenvalue weighted by Gasteiger charge is 2.29. The van der Waals surface area contributed by atoms with Crippen LogP contribution in [0, 0.1) is 30.6 Å². The molecule has 0 unspecified atom stereocenters. The normalized spacial score (nSPS) is 18.5. The molecule has 1 aliphatic heterocycles. The monoisotopic (exact) mass is 244 g/mol. The smallest absolute Gasteiger partial charge is 0.169 e. The van der Waals surface area contributed by atoms with Crippen LogP contribution >= 0.6 is 0 Å². The number of anilines is 1. The zero-order chi connectivity index (χ0) is 13.3. The zero-order valence-electron chi connectivity index (χ0n) is 11.6. The molecular weight excluding hydrogens is 224 g/mol. The molecule has 0 aromatic carbocycles. The minimum absolute atomic E-state index is 0.283. The first-order valence-electron chi connectivity index (χ1n) is 6.43. The van der Waals surface area contributed by atoms with Crippen LogP contribution in [0.3, 0.4) is 0 Å². The molecule has 1 aliphatic rings. The van der Waals surface area contributed by atoms with Gasteiger partial charge in [-0.2, -0.15) is 10.4 Å². The van der Waals surface area contributed by atoms with E-state index in [1.165, 1.54) is 6.42 Å². The lowest BCUT2D eigenvalue weighted by Gasteiger charge is -2.38. The molecule has 2 rings (SSSR count). The quantitative estimate of drug-likeness (QED) is 0.762. The van der Waals surface area contributed by atoms with Crippen LogP contribution in [0.1, 0.15) is 43.5 Å². The van der Waals surface area contributed by atoms with Crippen LogP contribution in [0.15, 0.2) is 0 Å². The standard InChI is InChI=1S/C14H20N4/c1-10-11(2)16-17-13(12(10)8-15)18-7-5-6-14(3,4)9-18/h5-7,9H2,1-4H3. The summed E-state index contributed by atoms with van der Waals surface area (Å²) < 4.78 is 0. The van der Waals surface area contributed by atoms with Crippen molar-refractivity contribution in [1.29, 1.82) is 5.26 Å². The molecule has 4 heteroatoms. The van der Waals surface area contributed by atoms with E-state index in [2.05, 4.69) is 35.0 Å². The minimum atomic E-state index is 0.283. The Bertz CT molecular complexity index is 499. The summed E-state index contributed by atoms with van der Waals surface area (Å²) in [4.78, 5) is 2.21. The van der Waals surface area contributed by atoms with Crippen molar-refractivity contribution in [1.82, 2.24) is 10.2 Å². The van der Waals surface area contributed by atoms with E-state index in [-0.39, 0.29) is 5.41 Å².